The van der Waals surface area contributed by atoms with Gasteiger partial charge in [0.2, 0.25) is 10.0 Å². The summed E-state index contributed by atoms with van der Waals surface area (Å²) in [5, 5.41) is 3.37. The highest BCUT2D eigenvalue weighted by molar-refractivity contribution is 7.99. The highest BCUT2D eigenvalue weighted by atomic mass is 32.2. The molecule has 0 aromatic heterocycles. The van der Waals surface area contributed by atoms with E-state index in [1.807, 2.05) is 11.8 Å². The molecule has 0 radical (unpaired) electrons. The summed E-state index contributed by atoms with van der Waals surface area (Å²) in [6.07, 6.45) is 2.48. The topological polar surface area (TPSA) is 58.2 Å². The van der Waals surface area contributed by atoms with Gasteiger partial charge in [0.1, 0.15) is 0 Å². The lowest BCUT2D eigenvalue weighted by atomic mass is 10.2. The van der Waals surface area contributed by atoms with Crippen LogP contribution in [-0.2, 0) is 10.0 Å². The fourth-order valence-corrected chi connectivity index (χ4v) is 3.21. The maximum Gasteiger partial charge on any atom is 0.211 e. The third-order valence-electron chi connectivity index (χ3n) is 2.42. The molecule has 1 unspecified atom stereocenters. The Kier molecular flexibility index (Phi) is 5.96. The first-order valence-corrected chi connectivity index (χ1v) is 8.23. The van der Waals surface area contributed by atoms with Crippen LogP contribution in [0.2, 0.25) is 0 Å². The van der Waals surface area contributed by atoms with Crippen molar-refractivity contribution in [1.29, 1.82) is 0 Å². The molecule has 1 fully saturated rings. The zero-order chi connectivity index (χ0) is 11.1. The smallest absolute Gasteiger partial charge is 0.211 e. The summed E-state index contributed by atoms with van der Waals surface area (Å²) in [4.78, 5) is 0. The molecule has 0 aromatic rings. The van der Waals surface area contributed by atoms with Gasteiger partial charge in [0.25, 0.3) is 0 Å². The summed E-state index contributed by atoms with van der Waals surface area (Å²) in [6, 6.07) is 0.565. The van der Waals surface area contributed by atoms with Crippen LogP contribution in [-0.4, -0.2) is 44.8 Å². The molecule has 6 heteroatoms. The van der Waals surface area contributed by atoms with Crippen LogP contribution in [0, 0.1) is 0 Å². The van der Waals surface area contributed by atoms with E-state index in [-0.39, 0.29) is 5.75 Å². The highest BCUT2D eigenvalue weighted by Crippen LogP contribution is 2.16. The molecule has 0 amide bonds. The molecular formula is C9H20N2O2S2. The van der Waals surface area contributed by atoms with Gasteiger partial charge in [-0.15, -0.1) is 0 Å². The van der Waals surface area contributed by atoms with E-state index < -0.39 is 10.0 Å². The largest absolute Gasteiger partial charge is 0.312 e. The third-order valence-corrected chi connectivity index (χ3v) is 5.04. The van der Waals surface area contributed by atoms with Gasteiger partial charge in [0.05, 0.1) is 5.75 Å². The molecule has 0 aromatic carbocycles. The van der Waals surface area contributed by atoms with E-state index in [0.717, 1.165) is 12.3 Å². The molecule has 1 aliphatic rings. The van der Waals surface area contributed by atoms with Crippen molar-refractivity contribution in [3.8, 4) is 0 Å². The monoisotopic (exact) mass is 252 g/mol. The second-order valence-corrected chi connectivity index (χ2v) is 6.91. The summed E-state index contributed by atoms with van der Waals surface area (Å²) in [6.45, 7) is 2.87. The Labute approximate surface area is 96.6 Å². The number of sulfonamides is 1. The first-order valence-electron chi connectivity index (χ1n) is 5.42. The lowest BCUT2D eigenvalue weighted by Crippen LogP contribution is -2.39. The summed E-state index contributed by atoms with van der Waals surface area (Å²) in [7, 11) is -3.02. The second kappa shape index (κ2) is 6.73. The van der Waals surface area contributed by atoms with Crippen LogP contribution in [0.3, 0.4) is 0 Å². The van der Waals surface area contributed by atoms with Crippen LogP contribution in [0.5, 0.6) is 0 Å². The van der Waals surface area contributed by atoms with E-state index in [0.29, 0.717) is 12.6 Å². The number of nitrogens with one attached hydrogen (secondary N) is 2. The molecule has 90 valence electrons. The molecule has 0 saturated carbocycles. The maximum absolute atomic E-state index is 11.1. The number of thioether (sulfide) groups is 1. The van der Waals surface area contributed by atoms with Crippen LogP contribution in [0.4, 0.5) is 0 Å². The van der Waals surface area contributed by atoms with Gasteiger partial charge in [-0.25, -0.2) is 13.1 Å². The van der Waals surface area contributed by atoms with E-state index >= 15 is 0 Å². The molecule has 1 atom stereocenters. The minimum atomic E-state index is -3.02. The quantitative estimate of drug-likeness (QED) is 0.672. The number of hydrogen-bond donors (Lipinski definition) is 2. The Balaban J connectivity index is 2.06. The lowest BCUT2D eigenvalue weighted by Gasteiger charge is -2.22. The van der Waals surface area contributed by atoms with E-state index in [1.54, 1.807) is 6.92 Å². The molecule has 0 aliphatic carbocycles. The standard InChI is InChI=1S/C9H20N2O2S2/c1-2-15(12,13)11-6-5-10-9-4-3-7-14-8-9/h9-11H,2-8H2,1H3. The van der Waals surface area contributed by atoms with Crippen molar-refractivity contribution in [2.24, 2.45) is 0 Å². The van der Waals surface area contributed by atoms with Gasteiger partial charge >= 0.3 is 0 Å². The summed E-state index contributed by atoms with van der Waals surface area (Å²) in [5.41, 5.74) is 0. The van der Waals surface area contributed by atoms with Crippen LogP contribution in [0.1, 0.15) is 19.8 Å². The average Bonchev–Trinajstić information content (AvgIpc) is 2.26. The molecule has 4 nitrogen and oxygen atoms in total. The van der Waals surface area contributed by atoms with Crippen LogP contribution in [0.25, 0.3) is 0 Å². The molecule has 1 rings (SSSR count). The SMILES string of the molecule is CCS(=O)(=O)NCCNC1CCCSC1. The van der Waals surface area contributed by atoms with E-state index in [2.05, 4.69) is 10.0 Å². The molecule has 1 heterocycles. The minimum Gasteiger partial charge on any atom is -0.312 e. The molecule has 0 bridgehead atoms. The summed E-state index contributed by atoms with van der Waals surface area (Å²) < 4.78 is 24.8. The zero-order valence-electron chi connectivity index (χ0n) is 9.16. The molecular weight excluding hydrogens is 232 g/mol. The van der Waals surface area contributed by atoms with Crippen LogP contribution in [0.15, 0.2) is 0 Å². The van der Waals surface area contributed by atoms with E-state index in [9.17, 15) is 8.42 Å². The molecule has 1 saturated heterocycles. The Morgan fingerprint density at radius 2 is 2.20 bits per heavy atom. The van der Waals surface area contributed by atoms with Crippen molar-refractivity contribution < 1.29 is 8.42 Å². The fraction of sp³-hybridized carbons (Fsp3) is 1.00. The number of rotatable bonds is 6. The van der Waals surface area contributed by atoms with Crippen molar-refractivity contribution in [2.45, 2.75) is 25.8 Å². The Morgan fingerprint density at radius 3 is 2.80 bits per heavy atom. The molecule has 0 spiro atoms. The minimum absolute atomic E-state index is 0.159. The van der Waals surface area contributed by atoms with Gasteiger partial charge in [0.15, 0.2) is 0 Å². The molecule has 1 aliphatic heterocycles. The van der Waals surface area contributed by atoms with Gasteiger partial charge in [0, 0.05) is 24.9 Å². The van der Waals surface area contributed by atoms with Crippen molar-refractivity contribution in [3.05, 3.63) is 0 Å². The summed E-state index contributed by atoms with van der Waals surface area (Å²) >= 11 is 1.97. The summed E-state index contributed by atoms with van der Waals surface area (Å²) in [5.74, 6) is 2.58. The van der Waals surface area contributed by atoms with Crippen LogP contribution < -0.4 is 10.0 Å². The Bertz CT molecular complexity index is 261. The molecule has 2 N–H and O–H groups in total. The van der Waals surface area contributed by atoms with E-state index in [4.69, 9.17) is 0 Å². The van der Waals surface area contributed by atoms with Crippen molar-refractivity contribution >= 4 is 21.8 Å². The van der Waals surface area contributed by atoms with Gasteiger partial charge in [-0.3, -0.25) is 0 Å². The normalized spacial score (nSPS) is 22.9. The van der Waals surface area contributed by atoms with Crippen LogP contribution >= 0.6 is 11.8 Å². The van der Waals surface area contributed by atoms with Crippen molar-refractivity contribution in [2.75, 3.05) is 30.3 Å². The van der Waals surface area contributed by atoms with Gasteiger partial charge in [-0.2, -0.15) is 11.8 Å². The lowest BCUT2D eigenvalue weighted by molar-refractivity contribution is 0.506. The fourth-order valence-electron chi connectivity index (χ4n) is 1.49. The average molecular weight is 252 g/mol. The zero-order valence-corrected chi connectivity index (χ0v) is 10.8. The predicted molar refractivity (Wildman–Crippen MR) is 65.8 cm³/mol. The van der Waals surface area contributed by atoms with Crippen molar-refractivity contribution in [1.82, 2.24) is 10.0 Å². The van der Waals surface area contributed by atoms with Gasteiger partial charge < -0.3 is 5.32 Å². The maximum atomic E-state index is 11.1. The van der Waals surface area contributed by atoms with Crippen molar-refractivity contribution in [3.63, 3.8) is 0 Å². The highest BCUT2D eigenvalue weighted by Gasteiger charge is 2.12. The second-order valence-electron chi connectivity index (χ2n) is 3.67. The first-order chi connectivity index (χ1) is 7.14. The van der Waals surface area contributed by atoms with Gasteiger partial charge in [-0.05, 0) is 25.5 Å². The number of hydrogen-bond acceptors (Lipinski definition) is 4. The third kappa shape index (κ3) is 5.75. The first kappa shape index (κ1) is 13.3. The van der Waals surface area contributed by atoms with E-state index in [1.165, 1.54) is 18.6 Å². The van der Waals surface area contributed by atoms with Gasteiger partial charge in [-0.1, -0.05) is 0 Å². The predicted octanol–water partition coefficient (Wildman–Crippen LogP) is 0.411. The Morgan fingerprint density at radius 1 is 1.40 bits per heavy atom. The Hall–Kier alpha value is 0.220. The molecule has 15 heavy (non-hydrogen) atoms.